The molecule has 1 saturated carbocycles. The van der Waals surface area contributed by atoms with E-state index in [-0.39, 0.29) is 0 Å². The Labute approximate surface area is 89.7 Å². The highest BCUT2D eigenvalue weighted by atomic mass is 14.9. The fraction of sp³-hybridized carbons (Fsp3) is 1.00. The van der Waals surface area contributed by atoms with Gasteiger partial charge in [-0.25, -0.2) is 0 Å². The van der Waals surface area contributed by atoms with Crippen LogP contribution in [-0.4, -0.2) is 13.1 Å². The van der Waals surface area contributed by atoms with Crippen LogP contribution in [0.25, 0.3) is 0 Å². The van der Waals surface area contributed by atoms with E-state index in [2.05, 4.69) is 33.1 Å². The zero-order chi connectivity index (χ0) is 10.6. The van der Waals surface area contributed by atoms with E-state index in [4.69, 9.17) is 0 Å². The summed E-state index contributed by atoms with van der Waals surface area (Å²) in [6.45, 7) is 7.10. The Kier molecular flexibility index (Phi) is 4.94. The van der Waals surface area contributed by atoms with E-state index in [0.29, 0.717) is 6.04 Å². The van der Waals surface area contributed by atoms with Gasteiger partial charge in [0.1, 0.15) is 0 Å². The molecule has 0 saturated heterocycles. The average molecular weight is 197 g/mol. The summed E-state index contributed by atoms with van der Waals surface area (Å²) in [7, 11) is 2.09. The topological polar surface area (TPSA) is 12.0 Å². The van der Waals surface area contributed by atoms with Crippen LogP contribution in [0, 0.1) is 17.8 Å². The Balaban J connectivity index is 2.40. The van der Waals surface area contributed by atoms with E-state index >= 15 is 0 Å². The fourth-order valence-electron chi connectivity index (χ4n) is 2.76. The molecule has 0 radical (unpaired) electrons. The van der Waals surface area contributed by atoms with Crippen molar-refractivity contribution < 1.29 is 0 Å². The van der Waals surface area contributed by atoms with Crippen molar-refractivity contribution >= 4 is 0 Å². The van der Waals surface area contributed by atoms with Gasteiger partial charge in [0.25, 0.3) is 0 Å². The Morgan fingerprint density at radius 3 is 2.07 bits per heavy atom. The van der Waals surface area contributed by atoms with Crippen LogP contribution in [0.15, 0.2) is 0 Å². The van der Waals surface area contributed by atoms with Gasteiger partial charge in [0.05, 0.1) is 0 Å². The first-order valence-corrected chi connectivity index (χ1v) is 6.32. The maximum atomic E-state index is 3.41. The summed E-state index contributed by atoms with van der Waals surface area (Å²) in [6.07, 6.45) is 7.23. The third-order valence-electron chi connectivity index (χ3n) is 4.16. The van der Waals surface area contributed by atoms with Crippen molar-refractivity contribution in [2.24, 2.45) is 17.8 Å². The lowest BCUT2D eigenvalue weighted by Crippen LogP contribution is -2.30. The summed E-state index contributed by atoms with van der Waals surface area (Å²) < 4.78 is 0. The maximum Gasteiger partial charge on any atom is 0.00639 e. The molecule has 1 N–H and O–H groups in total. The molecule has 3 atom stereocenters. The van der Waals surface area contributed by atoms with Crippen molar-refractivity contribution in [1.82, 2.24) is 5.32 Å². The van der Waals surface area contributed by atoms with Gasteiger partial charge in [-0.3, -0.25) is 0 Å². The molecular formula is C13H27N. The second-order valence-corrected chi connectivity index (χ2v) is 5.35. The molecule has 1 aliphatic rings. The second-order valence-electron chi connectivity index (χ2n) is 5.35. The quantitative estimate of drug-likeness (QED) is 0.683. The normalized spacial score (nSPS) is 31.5. The van der Waals surface area contributed by atoms with Crippen LogP contribution in [0.4, 0.5) is 0 Å². The minimum absolute atomic E-state index is 0.709. The van der Waals surface area contributed by atoms with Crippen molar-refractivity contribution in [2.75, 3.05) is 7.05 Å². The first kappa shape index (κ1) is 12.0. The second kappa shape index (κ2) is 5.75. The molecule has 3 unspecified atom stereocenters. The summed E-state index contributed by atoms with van der Waals surface area (Å²) in [5.41, 5.74) is 0. The van der Waals surface area contributed by atoms with Gasteiger partial charge in [-0.2, -0.15) is 0 Å². The Hall–Kier alpha value is -0.0400. The van der Waals surface area contributed by atoms with Crippen molar-refractivity contribution in [3.63, 3.8) is 0 Å². The van der Waals surface area contributed by atoms with Crippen molar-refractivity contribution in [3.05, 3.63) is 0 Å². The maximum absolute atomic E-state index is 3.41. The molecule has 0 heterocycles. The Morgan fingerprint density at radius 2 is 1.50 bits per heavy atom. The molecule has 0 aromatic rings. The lowest BCUT2D eigenvalue weighted by atomic mass is 9.87. The predicted molar refractivity (Wildman–Crippen MR) is 63.4 cm³/mol. The molecule has 1 rings (SSSR count). The number of hydrogen-bond donors (Lipinski definition) is 1. The third-order valence-corrected chi connectivity index (χ3v) is 4.16. The van der Waals surface area contributed by atoms with Crippen molar-refractivity contribution in [3.8, 4) is 0 Å². The van der Waals surface area contributed by atoms with Crippen molar-refractivity contribution in [1.29, 1.82) is 0 Å². The van der Waals surface area contributed by atoms with Crippen molar-refractivity contribution in [2.45, 2.75) is 58.9 Å². The van der Waals surface area contributed by atoms with Gasteiger partial charge in [0.15, 0.2) is 0 Å². The van der Waals surface area contributed by atoms with Gasteiger partial charge < -0.3 is 5.32 Å². The van der Waals surface area contributed by atoms with Crippen LogP contribution in [0.1, 0.15) is 52.9 Å². The molecule has 1 nitrogen and oxygen atoms in total. The van der Waals surface area contributed by atoms with E-state index in [1.807, 2.05) is 0 Å². The largest absolute Gasteiger partial charge is 0.317 e. The van der Waals surface area contributed by atoms with Gasteiger partial charge in [-0.05, 0) is 51.0 Å². The summed E-state index contributed by atoms with van der Waals surface area (Å²) >= 11 is 0. The van der Waals surface area contributed by atoms with E-state index in [0.717, 1.165) is 17.8 Å². The van der Waals surface area contributed by atoms with Gasteiger partial charge in [0, 0.05) is 6.04 Å². The van der Waals surface area contributed by atoms with E-state index in [1.165, 1.54) is 32.1 Å². The SMILES string of the molecule is CNC(C)C1CCCC(C(C)C)CC1. The van der Waals surface area contributed by atoms with E-state index < -0.39 is 0 Å². The average Bonchev–Trinajstić information content (AvgIpc) is 2.41. The molecular weight excluding hydrogens is 170 g/mol. The molecule has 1 fully saturated rings. The van der Waals surface area contributed by atoms with Gasteiger partial charge in [-0.15, -0.1) is 0 Å². The van der Waals surface area contributed by atoms with Crippen LogP contribution in [0.2, 0.25) is 0 Å². The van der Waals surface area contributed by atoms with Crippen LogP contribution in [-0.2, 0) is 0 Å². The highest BCUT2D eigenvalue weighted by Gasteiger charge is 2.23. The van der Waals surface area contributed by atoms with E-state index in [1.54, 1.807) is 0 Å². The Bertz CT molecular complexity index is 153. The number of rotatable bonds is 3. The van der Waals surface area contributed by atoms with Gasteiger partial charge >= 0.3 is 0 Å². The van der Waals surface area contributed by atoms with E-state index in [9.17, 15) is 0 Å². The summed E-state index contributed by atoms with van der Waals surface area (Å²) in [5, 5.41) is 3.41. The van der Waals surface area contributed by atoms with Crippen LogP contribution >= 0.6 is 0 Å². The number of nitrogens with one attached hydrogen (secondary N) is 1. The smallest absolute Gasteiger partial charge is 0.00639 e. The summed E-state index contributed by atoms with van der Waals surface area (Å²) in [6, 6.07) is 0.709. The lowest BCUT2D eigenvalue weighted by molar-refractivity contribution is 0.319. The summed E-state index contributed by atoms with van der Waals surface area (Å²) in [5.74, 6) is 2.80. The molecule has 0 spiro atoms. The van der Waals surface area contributed by atoms with Gasteiger partial charge in [0.2, 0.25) is 0 Å². The Morgan fingerprint density at radius 1 is 0.929 bits per heavy atom. The molecule has 0 aliphatic heterocycles. The zero-order valence-electron chi connectivity index (χ0n) is 10.3. The third kappa shape index (κ3) is 3.27. The molecule has 0 bridgehead atoms. The summed E-state index contributed by atoms with van der Waals surface area (Å²) in [4.78, 5) is 0. The zero-order valence-corrected chi connectivity index (χ0v) is 10.3. The minimum atomic E-state index is 0.709. The van der Waals surface area contributed by atoms with Gasteiger partial charge in [-0.1, -0.05) is 26.7 Å². The lowest BCUT2D eigenvalue weighted by Gasteiger charge is -2.22. The minimum Gasteiger partial charge on any atom is -0.317 e. The first-order valence-electron chi connectivity index (χ1n) is 6.32. The number of hydrogen-bond acceptors (Lipinski definition) is 1. The van der Waals surface area contributed by atoms with Crippen LogP contribution < -0.4 is 5.32 Å². The molecule has 1 heteroatoms. The fourth-order valence-corrected chi connectivity index (χ4v) is 2.76. The molecule has 0 aromatic carbocycles. The predicted octanol–water partition coefficient (Wildman–Crippen LogP) is 3.45. The molecule has 0 amide bonds. The highest BCUT2D eigenvalue weighted by Crippen LogP contribution is 2.32. The highest BCUT2D eigenvalue weighted by molar-refractivity contribution is 4.77. The first-order chi connectivity index (χ1) is 6.65. The molecule has 1 aliphatic carbocycles. The standard InChI is InChI=1S/C13H27N/c1-10(2)12-6-5-7-13(9-8-12)11(3)14-4/h10-14H,5-9H2,1-4H3. The molecule has 84 valence electrons. The van der Waals surface area contributed by atoms with Crippen LogP contribution in [0.5, 0.6) is 0 Å². The molecule has 0 aromatic heterocycles. The molecule has 14 heavy (non-hydrogen) atoms. The van der Waals surface area contributed by atoms with Crippen LogP contribution in [0.3, 0.4) is 0 Å². The monoisotopic (exact) mass is 197 g/mol.